The molecule has 1 amide bonds. The number of hydrogen-bond donors (Lipinski definition) is 1. The van der Waals surface area contributed by atoms with Gasteiger partial charge in [-0.05, 0) is 47.9 Å². The molecule has 1 N–H and O–H groups in total. The lowest BCUT2D eigenvalue weighted by Crippen LogP contribution is -2.14. The van der Waals surface area contributed by atoms with Crippen molar-refractivity contribution >= 4 is 23.1 Å². The number of hydrogen-bond acceptors (Lipinski definition) is 5. The normalized spacial score (nSPS) is 11.3. The average Bonchev–Trinajstić information content (AvgIpc) is 3.03. The number of nitrogens with one attached hydrogen (secondary N) is 1. The molecule has 0 aliphatic rings. The van der Waals surface area contributed by atoms with E-state index in [1.54, 1.807) is 24.4 Å². The molecule has 5 nitrogen and oxygen atoms in total. The molecule has 0 aliphatic heterocycles. The van der Waals surface area contributed by atoms with Gasteiger partial charge >= 0.3 is 6.18 Å². The zero-order valence-electron chi connectivity index (χ0n) is 12.6. The fraction of sp³-hybridized carbons (Fsp3) is 0.125. The Morgan fingerprint density at radius 2 is 1.88 bits per heavy atom. The number of aromatic nitrogens is 3. The number of halogens is 3. The molecule has 0 fully saturated rings. The Bertz CT molecular complexity index is 863. The quantitative estimate of drug-likeness (QED) is 0.765. The van der Waals surface area contributed by atoms with E-state index < -0.39 is 11.7 Å². The zero-order valence-corrected chi connectivity index (χ0v) is 13.4. The van der Waals surface area contributed by atoms with E-state index >= 15 is 0 Å². The molecule has 0 aliphatic carbocycles. The highest BCUT2D eigenvalue weighted by Crippen LogP contribution is 2.29. The highest BCUT2D eigenvalue weighted by Gasteiger charge is 2.30. The molecule has 3 aromatic rings. The van der Waals surface area contributed by atoms with Crippen LogP contribution in [0.3, 0.4) is 0 Å². The number of alkyl halides is 3. The second-order valence-corrected chi connectivity index (χ2v) is 5.86. The highest BCUT2D eigenvalue weighted by atomic mass is 32.1. The largest absolute Gasteiger partial charge is 0.416 e. The smallest absolute Gasteiger partial charge is 0.326 e. The number of benzene rings is 1. The van der Waals surface area contributed by atoms with Crippen LogP contribution in [0.4, 0.5) is 18.9 Å². The van der Waals surface area contributed by atoms with Gasteiger partial charge in [0.1, 0.15) is 10.7 Å². The maximum absolute atomic E-state index is 12.5. The van der Waals surface area contributed by atoms with Crippen molar-refractivity contribution < 1.29 is 18.0 Å². The van der Waals surface area contributed by atoms with E-state index in [0.717, 1.165) is 23.7 Å². The van der Waals surface area contributed by atoms with Gasteiger partial charge in [-0.25, -0.2) is 4.98 Å². The van der Waals surface area contributed by atoms with Crippen LogP contribution >= 0.6 is 11.5 Å². The molecular formula is C16H11F3N4OS. The molecule has 0 radical (unpaired) electrons. The number of carbonyl (C=O) groups excluding carboxylic acids is 1. The lowest BCUT2D eigenvalue weighted by Gasteiger charge is -2.08. The highest BCUT2D eigenvalue weighted by molar-refractivity contribution is 7.05. The Balaban J connectivity index is 1.62. The summed E-state index contributed by atoms with van der Waals surface area (Å²) in [4.78, 5) is 20.4. The Morgan fingerprint density at radius 1 is 1.12 bits per heavy atom. The molecule has 1 aromatic carbocycles. The second kappa shape index (κ2) is 6.98. The summed E-state index contributed by atoms with van der Waals surface area (Å²) < 4.78 is 41.7. The van der Waals surface area contributed by atoms with Crippen molar-refractivity contribution in [3.63, 3.8) is 0 Å². The summed E-state index contributed by atoms with van der Waals surface area (Å²) in [6.07, 6.45) is -2.81. The zero-order chi connectivity index (χ0) is 17.9. The Kier molecular flexibility index (Phi) is 4.75. The van der Waals surface area contributed by atoms with Crippen molar-refractivity contribution in [2.24, 2.45) is 0 Å². The number of anilines is 1. The molecule has 2 heterocycles. The van der Waals surface area contributed by atoms with Crippen LogP contribution in [0.2, 0.25) is 0 Å². The van der Waals surface area contributed by atoms with Gasteiger partial charge < -0.3 is 5.32 Å². The molecule has 0 spiro atoms. The van der Waals surface area contributed by atoms with Gasteiger partial charge in [0.15, 0.2) is 5.82 Å². The van der Waals surface area contributed by atoms with Gasteiger partial charge in [0.05, 0.1) is 12.0 Å². The predicted octanol–water partition coefficient (Wildman–Crippen LogP) is 3.80. The molecule has 9 heteroatoms. The van der Waals surface area contributed by atoms with Gasteiger partial charge in [0.25, 0.3) is 0 Å². The van der Waals surface area contributed by atoms with E-state index in [4.69, 9.17) is 0 Å². The number of pyridine rings is 1. The first-order valence-electron chi connectivity index (χ1n) is 7.13. The average molecular weight is 364 g/mol. The maximum atomic E-state index is 12.5. The second-order valence-electron chi connectivity index (χ2n) is 5.03. The first kappa shape index (κ1) is 17.0. The predicted molar refractivity (Wildman–Crippen MR) is 86.9 cm³/mol. The van der Waals surface area contributed by atoms with Crippen molar-refractivity contribution in [2.75, 3.05) is 5.32 Å². The van der Waals surface area contributed by atoms with Crippen molar-refractivity contribution in [3.8, 4) is 11.5 Å². The first-order chi connectivity index (χ1) is 11.9. The molecule has 0 bridgehead atoms. The topological polar surface area (TPSA) is 67.8 Å². The van der Waals surface area contributed by atoms with Crippen LogP contribution in [0.25, 0.3) is 11.5 Å². The van der Waals surface area contributed by atoms with Crippen LogP contribution in [-0.2, 0) is 17.4 Å². The summed E-state index contributed by atoms with van der Waals surface area (Å²) in [5.74, 6) is 0.0476. The lowest BCUT2D eigenvalue weighted by atomic mass is 10.2. The number of amides is 1. The minimum absolute atomic E-state index is 0.0223. The standard InChI is InChI=1S/C16H11F3N4OS/c17-16(18,19)10-4-6-11(7-5-10)21-13(24)9-14-22-15(23-25-14)12-3-1-2-8-20-12/h1-8H,9H2,(H,21,24). The first-order valence-corrected chi connectivity index (χ1v) is 7.90. The van der Waals surface area contributed by atoms with Gasteiger partial charge in [0.2, 0.25) is 5.91 Å². The molecule has 128 valence electrons. The van der Waals surface area contributed by atoms with Crippen LogP contribution in [0.1, 0.15) is 10.6 Å². The van der Waals surface area contributed by atoms with E-state index in [1.165, 1.54) is 12.1 Å². The molecule has 2 aromatic heterocycles. The molecular weight excluding hydrogens is 353 g/mol. The summed E-state index contributed by atoms with van der Waals surface area (Å²) in [5.41, 5.74) is 0.121. The monoisotopic (exact) mass is 364 g/mol. The molecule has 0 saturated carbocycles. The Labute approximate surface area is 144 Å². The van der Waals surface area contributed by atoms with Crippen molar-refractivity contribution in [1.29, 1.82) is 0 Å². The van der Waals surface area contributed by atoms with Gasteiger partial charge in [0, 0.05) is 11.9 Å². The molecule has 25 heavy (non-hydrogen) atoms. The minimum atomic E-state index is -4.41. The molecule has 0 atom stereocenters. The van der Waals surface area contributed by atoms with Crippen molar-refractivity contribution in [3.05, 3.63) is 59.2 Å². The van der Waals surface area contributed by atoms with Crippen LogP contribution in [0.5, 0.6) is 0 Å². The van der Waals surface area contributed by atoms with Crippen LogP contribution < -0.4 is 5.32 Å². The number of rotatable bonds is 4. The Hall–Kier alpha value is -2.81. The van der Waals surface area contributed by atoms with Crippen LogP contribution in [0, 0.1) is 0 Å². The summed E-state index contributed by atoms with van der Waals surface area (Å²) in [7, 11) is 0. The van der Waals surface area contributed by atoms with Crippen molar-refractivity contribution in [1.82, 2.24) is 14.3 Å². The molecule has 0 saturated heterocycles. The van der Waals surface area contributed by atoms with E-state index in [2.05, 4.69) is 19.7 Å². The minimum Gasteiger partial charge on any atom is -0.326 e. The summed E-state index contributed by atoms with van der Waals surface area (Å²) >= 11 is 1.08. The van der Waals surface area contributed by atoms with E-state index in [-0.39, 0.29) is 18.0 Å². The maximum Gasteiger partial charge on any atom is 0.416 e. The number of nitrogens with zero attached hydrogens (tertiary/aromatic N) is 3. The van der Waals surface area contributed by atoms with Crippen LogP contribution in [0.15, 0.2) is 48.7 Å². The third-order valence-corrected chi connectivity index (χ3v) is 3.88. The molecule has 3 rings (SSSR count). The third-order valence-electron chi connectivity index (χ3n) is 3.17. The van der Waals surface area contributed by atoms with Crippen LogP contribution in [-0.4, -0.2) is 20.2 Å². The van der Waals surface area contributed by atoms with Gasteiger partial charge in [-0.15, -0.1) is 0 Å². The summed E-state index contributed by atoms with van der Waals surface area (Å²) in [5, 5.41) is 3.03. The van der Waals surface area contributed by atoms with E-state index in [9.17, 15) is 18.0 Å². The van der Waals surface area contributed by atoms with Gasteiger partial charge in [-0.3, -0.25) is 9.78 Å². The van der Waals surface area contributed by atoms with E-state index in [1.807, 2.05) is 0 Å². The summed E-state index contributed by atoms with van der Waals surface area (Å²) in [6, 6.07) is 9.59. The fourth-order valence-electron chi connectivity index (χ4n) is 2.01. The Morgan fingerprint density at radius 3 is 2.52 bits per heavy atom. The number of carbonyl (C=O) groups is 1. The fourth-order valence-corrected chi connectivity index (χ4v) is 2.66. The molecule has 0 unspecified atom stereocenters. The third kappa shape index (κ3) is 4.38. The lowest BCUT2D eigenvalue weighted by molar-refractivity contribution is -0.137. The van der Waals surface area contributed by atoms with Gasteiger partial charge in [-0.1, -0.05) is 6.07 Å². The van der Waals surface area contributed by atoms with E-state index in [0.29, 0.717) is 16.5 Å². The SMILES string of the molecule is O=C(Cc1nc(-c2ccccn2)ns1)Nc1ccc(C(F)(F)F)cc1. The van der Waals surface area contributed by atoms with Gasteiger partial charge in [-0.2, -0.15) is 17.5 Å². The van der Waals surface area contributed by atoms with Crippen molar-refractivity contribution in [2.45, 2.75) is 12.6 Å². The summed E-state index contributed by atoms with van der Waals surface area (Å²) in [6.45, 7) is 0.